The molecule has 37 heavy (non-hydrogen) atoms. The first kappa shape index (κ1) is 24.9. The monoisotopic (exact) mass is 503 g/mol. The summed E-state index contributed by atoms with van der Waals surface area (Å²) in [6, 6.07) is 9.52. The van der Waals surface area contributed by atoms with Gasteiger partial charge in [-0.15, -0.1) is 0 Å². The van der Waals surface area contributed by atoms with E-state index in [1.165, 1.54) is 0 Å². The summed E-state index contributed by atoms with van der Waals surface area (Å²) >= 11 is 0. The van der Waals surface area contributed by atoms with E-state index in [4.69, 9.17) is 23.9 Å². The van der Waals surface area contributed by atoms with Crippen LogP contribution in [0.4, 0.5) is 0 Å². The summed E-state index contributed by atoms with van der Waals surface area (Å²) in [7, 11) is 7.37. The van der Waals surface area contributed by atoms with Gasteiger partial charge >= 0.3 is 0 Å². The topological polar surface area (TPSA) is 82.2 Å². The maximum atomic E-state index is 13.7. The molecule has 0 bridgehead atoms. The maximum absolute atomic E-state index is 13.7. The number of methoxy groups -OCH3 is 2. The Morgan fingerprint density at radius 3 is 2.41 bits per heavy atom. The van der Waals surface area contributed by atoms with Crippen molar-refractivity contribution in [2.75, 3.05) is 41.7 Å². The highest BCUT2D eigenvalue weighted by atomic mass is 16.7. The number of nitrogens with zero attached hydrogens (tertiary/aromatic N) is 2. The van der Waals surface area contributed by atoms with Crippen molar-refractivity contribution >= 4 is 38.4 Å². The molecule has 1 N–H and O–H groups in total. The molecule has 2 heterocycles. The summed E-state index contributed by atoms with van der Waals surface area (Å²) < 4.78 is 22.3. The largest absolute Gasteiger partial charge is 0.493 e. The minimum atomic E-state index is -0.130. The summed E-state index contributed by atoms with van der Waals surface area (Å²) in [5.41, 5.74) is 1.37. The fraction of sp³-hybridized carbons (Fsp3) is 0.379. The smallest absolute Gasteiger partial charge is 0.251 e. The Labute approximate surface area is 216 Å². The van der Waals surface area contributed by atoms with E-state index in [1.54, 1.807) is 14.2 Å². The molecule has 1 aliphatic rings. The van der Waals surface area contributed by atoms with E-state index in [1.807, 2.05) is 36.5 Å². The SMILES string of the molecule is COc1cc2cc(C(=O)NCCCC(C)(C)N(C)C)c3c4cc5c(cc4ncc3c2cc1OC)OCO5. The molecule has 0 saturated carbocycles. The number of carbonyl (C=O) groups is 1. The third kappa shape index (κ3) is 4.46. The number of fused-ring (bicyclic) bond motifs is 6. The van der Waals surface area contributed by atoms with Gasteiger partial charge in [0.2, 0.25) is 6.79 Å². The highest BCUT2D eigenvalue weighted by Gasteiger charge is 2.23. The number of nitrogens with one attached hydrogen (secondary N) is 1. The molecule has 3 aromatic carbocycles. The van der Waals surface area contributed by atoms with Crippen molar-refractivity contribution in [2.24, 2.45) is 0 Å². The molecule has 0 spiro atoms. The lowest BCUT2D eigenvalue weighted by molar-refractivity contribution is 0.0951. The first-order valence-corrected chi connectivity index (χ1v) is 12.4. The molecular formula is C29H33N3O5. The molecule has 0 radical (unpaired) electrons. The molecule has 0 atom stereocenters. The molecule has 1 amide bonds. The van der Waals surface area contributed by atoms with Gasteiger partial charge < -0.3 is 29.2 Å². The van der Waals surface area contributed by atoms with E-state index in [0.717, 1.165) is 45.3 Å². The van der Waals surface area contributed by atoms with Crippen LogP contribution >= 0.6 is 0 Å². The second-order valence-electron chi connectivity index (χ2n) is 10.2. The minimum absolute atomic E-state index is 0.0559. The number of rotatable bonds is 8. The number of hydrogen-bond acceptors (Lipinski definition) is 7. The third-order valence-electron chi connectivity index (χ3n) is 7.48. The average Bonchev–Trinajstić information content (AvgIpc) is 3.35. The number of pyridine rings is 1. The van der Waals surface area contributed by atoms with Crippen LogP contribution in [0.1, 0.15) is 37.0 Å². The van der Waals surface area contributed by atoms with Crippen LogP contribution in [0.2, 0.25) is 0 Å². The zero-order valence-corrected chi connectivity index (χ0v) is 22.2. The Kier molecular flexibility index (Phi) is 6.45. The van der Waals surface area contributed by atoms with Crippen LogP contribution in [0.5, 0.6) is 23.0 Å². The van der Waals surface area contributed by atoms with E-state index >= 15 is 0 Å². The Morgan fingerprint density at radius 1 is 1.00 bits per heavy atom. The van der Waals surface area contributed by atoms with Crippen LogP contribution in [0.3, 0.4) is 0 Å². The van der Waals surface area contributed by atoms with Crippen molar-refractivity contribution in [3.63, 3.8) is 0 Å². The third-order valence-corrected chi connectivity index (χ3v) is 7.48. The minimum Gasteiger partial charge on any atom is -0.493 e. The second kappa shape index (κ2) is 9.59. The molecular weight excluding hydrogens is 470 g/mol. The van der Waals surface area contributed by atoms with Crippen LogP contribution in [-0.4, -0.2) is 63.0 Å². The summed E-state index contributed by atoms with van der Waals surface area (Å²) in [5.74, 6) is 2.38. The Bertz CT molecular complexity index is 1510. The van der Waals surface area contributed by atoms with Crippen LogP contribution in [0, 0.1) is 0 Å². The second-order valence-corrected chi connectivity index (χ2v) is 10.2. The van der Waals surface area contributed by atoms with Crippen molar-refractivity contribution < 1.29 is 23.7 Å². The first-order valence-electron chi connectivity index (χ1n) is 12.4. The van der Waals surface area contributed by atoms with Gasteiger partial charge in [-0.05, 0) is 75.8 Å². The zero-order chi connectivity index (χ0) is 26.3. The van der Waals surface area contributed by atoms with Crippen LogP contribution < -0.4 is 24.3 Å². The van der Waals surface area contributed by atoms with Gasteiger partial charge in [-0.25, -0.2) is 0 Å². The predicted molar refractivity (Wildman–Crippen MR) is 145 cm³/mol. The number of carbonyl (C=O) groups excluding carboxylic acids is 1. The van der Waals surface area contributed by atoms with E-state index in [0.29, 0.717) is 35.1 Å². The van der Waals surface area contributed by atoms with Crippen LogP contribution in [0.25, 0.3) is 32.4 Å². The molecule has 1 aromatic heterocycles. The van der Waals surface area contributed by atoms with Crippen LogP contribution in [0.15, 0.2) is 36.5 Å². The summed E-state index contributed by atoms with van der Waals surface area (Å²) in [5, 5.41) is 7.43. The van der Waals surface area contributed by atoms with Crippen molar-refractivity contribution in [1.29, 1.82) is 0 Å². The molecule has 4 aromatic rings. The number of amides is 1. The van der Waals surface area contributed by atoms with Gasteiger partial charge in [0.05, 0.1) is 19.7 Å². The first-order chi connectivity index (χ1) is 17.7. The van der Waals surface area contributed by atoms with Gasteiger partial charge in [-0.2, -0.15) is 0 Å². The van der Waals surface area contributed by atoms with Gasteiger partial charge in [0.15, 0.2) is 23.0 Å². The van der Waals surface area contributed by atoms with E-state index in [9.17, 15) is 4.79 Å². The summed E-state index contributed by atoms with van der Waals surface area (Å²) in [6.45, 7) is 5.16. The van der Waals surface area contributed by atoms with Crippen molar-refractivity contribution in [1.82, 2.24) is 15.2 Å². The summed E-state index contributed by atoms with van der Waals surface area (Å²) in [6.07, 6.45) is 3.64. The van der Waals surface area contributed by atoms with Gasteiger partial charge in [0.25, 0.3) is 5.91 Å². The lowest BCUT2D eigenvalue weighted by atomic mass is 9.94. The molecule has 8 heteroatoms. The number of benzene rings is 3. The Morgan fingerprint density at radius 2 is 1.70 bits per heavy atom. The van der Waals surface area contributed by atoms with E-state index < -0.39 is 0 Å². The van der Waals surface area contributed by atoms with Gasteiger partial charge in [-0.3, -0.25) is 9.78 Å². The molecule has 1 aliphatic heterocycles. The highest BCUT2D eigenvalue weighted by Crippen LogP contribution is 2.42. The van der Waals surface area contributed by atoms with Gasteiger partial charge in [0.1, 0.15) is 0 Å². The van der Waals surface area contributed by atoms with E-state index in [-0.39, 0.29) is 18.2 Å². The van der Waals surface area contributed by atoms with E-state index in [2.05, 4.69) is 38.2 Å². The Hall–Kier alpha value is -3.78. The van der Waals surface area contributed by atoms with Crippen molar-refractivity contribution in [2.45, 2.75) is 32.2 Å². The fourth-order valence-electron chi connectivity index (χ4n) is 4.77. The predicted octanol–water partition coefficient (Wildman–Crippen LogP) is 5.14. The molecule has 8 nitrogen and oxygen atoms in total. The normalized spacial score (nSPS) is 13.1. The van der Waals surface area contributed by atoms with Crippen molar-refractivity contribution in [3.8, 4) is 23.0 Å². The molecule has 194 valence electrons. The lowest BCUT2D eigenvalue weighted by Crippen LogP contribution is -2.38. The molecule has 0 unspecified atom stereocenters. The number of ether oxygens (including phenoxy) is 4. The maximum Gasteiger partial charge on any atom is 0.251 e. The van der Waals surface area contributed by atoms with Gasteiger partial charge in [-0.1, -0.05) is 0 Å². The molecule has 5 rings (SSSR count). The van der Waals surface area contributed by atoms with Crippen LogP contribution in [-0.2, 0) is 0 Å². The molecule has 0 saturated heterocycles. The quantitative estimate of drug-likeness (QED) is 0.263. The highest BCUT2D eigenvalue weighted by molar-refractivity contribution is 6.24. The molecule has 0 fully saturated rings. The molecule has 0 aliphatic carbocycles. The van der Waals surface area contributed by atoms with Gasteiger partial charge in [0, 0.05) is 46.1 Å². The lowest BCUT2D eigenvalue weighted by Gasteiger charge is -2.32. The standard InChI is InChI=1S/C29H33N3O5/c1-29(2,32(3)4)8-7-9-30-28(33)20-10-17-11-23(34-5)24(35-6)12-18(17)21-15-31-22-14-26-25(36-16-37-26)13-19(22)27(20)21/h10-15H,7-9,16H2,1-6H3,(H,30,33). The number of aromatic nitrogens is 1. The summed E-state index contributed by atoms with van der Waals surface area (Å²) in [4.78, 5) is 20.6. The van der Waals surface area contributed by atoms with Crippen molar-refractivity contribution in [3.05, 3.63) is 42.1 Å². The average molecular weight is 504 g/mol. The Balaban J connectivity index is 1.64. The fourth-order valence-corrected chi connectivity index (χ4v) is 4.77. The number of hydrogen-bond donors (Lipinski definition) is 1. The zero-order valence-electron chi connectivity index (χ0n) is 22.2.